The summed E-state index contributed by atoms with van der Waals surface area (Å²) in [6.45, 7) is 0. The number of halogens is 4. The van der Waals surface area contributed by atoms with Gasteiger partial charge in [0, 0.05) is 10.4 Å². The number of rotatable bonds is 4. The minimum absolute atomic E-state index is 0.204. The van der Waals surface area contributed by atoms with Gasteiger partial charge in [-0.3, -0.25) is 4.79 Å². The number of fused-ring (bicyclic) bond motifs is 1. The van der Waals surface area contributed by atoms with Crippen molar-refractivity contribution in [1.82, 2.24) is 0 Å². The van der Waals surface area contributed by atoms with Crippen molar-refractivity contribution in [1.29, 1.82) is 0 Å². The number of carboxylic acid groups (broad SMARTS) is 2. The van der Waals surface area contributed by atoms with Crippen LogP contribution in [0, 0.1) is 0 Å². The summed E-state index contributed by atoms with van der Waals surface area (Å²) in [6, 6.07) is 4.94. The Balaban J connectivity index is 0.000000381. The van der Waals surface area contributed by atoms with Crippen molar-refractivity contribution in [2.24, 2.45) is 0 Å². The third-order valence-electron chi connectivity index (χ3n) is 2.64. The molecule has 0 atom stereocenters. The van der Waals surface area contributed by atoms with Gasteiger partial charge in [-0.1, -0.05) is 17.7 Å². The highest BCUT2D eigenvalue weighted by molar-refractivity contribution is 7.93. The number of hydrogen-bond acceptors (Lipinski definition) is 5. The predicted octanol–water partition coefficient (Wildman–Crippen LogP) is 3.44. The monoisotopic (exact) mass is 418 g/mol. The molecule has 2 aromatic rings. The van der Waals surface area contributed by atoms with Gasteiger partial charge in [0.25, 0.3) is 0 Å². The van der Waals surface area contributed by atoms with E-state index >= 15 is 0 Å². The lowest BCUT2D eigenvalue weighted by molar-refractivity contribution is -0.192. The van der Waals surface area contributed by atoms with Crippen molar-refractivity contribution < 1.29 is 41.4 Å². The van der Waals surface area contributed by atoms with E-state index in [-0.39, 0.29) is 9.96 Å². The smallest absolute Gasteiger partial charge is 0.481 e. The molecule has 0 amide bonds. The average molecular weight is 419 g/mol. The molecule has 0 saturated carbocycles. The number of thiophene rings is 1. The minimum atomic E-state index is -5.08. The van der Waals surface area contributed by atoms with Gasteiger partial charge in [0.15, 0.2) is 9.84 Å². The summed E-state index contributed by atoms with van der Waals surface area (Å²) in [5, 5.41) is 19.3. The first-order valence-corrected chi connectivity index (χ1v) is 9.17. The number of carbonyl (C=O) groups is 2. The van der Waals surface area contributed by atoms with Crippen LogP contribution in [0.2, 0.25) is 5.02 Å². The Kier molecular flexibility index (Phi) is 6.80. The fourth-order valence-corrected chi connectivity index (χ4v) is 4.61. The molecule has 1 aromatic heterocycles. The molecule has 0 aliphatic carbocycles. The summed E-state index contributed by atoms with van der Waals surface area (Å²) >= 11 is 6.91. The first-order chi connectivity index (χ1) is 11.3. The van der Waals surface area contributed by atoms with Crippen LogP contribution >= 0.6 is 22.9 Å². The Hall–Kier alpha value is -1.85. The molecule has 0 spiro atoms. The fraction of sp³-hybridized carbons (Fsp3) is 0.231. The Morgan fingerprint density at radius 2 is 1.76 bits per heavy atom. The Morgan fingerprint density at radius 1 is 1.20 bits per heavy atom. The molecule has 0 aliphatic heterocycles. The zero-order valence-electron chi connectivity index (χ0n) is 12.1. The molecular weight excluding hydrogens is 409 g/mol. The van der Waals surface area contributed by atoms with Gasteiger partial charge < -0.3 is 10.2 Å². The number of alkyl halides is 3. The van der Waals surface area contributed by atoms with E-state index in [0.29, 0.717) is 10.4 Å². The van der Waals surface area contributed by atoms with E-state index in [1.54, 1.807) is 23.6 Å². The minimum Gasteiger partial charge on any atom is -0.481 e. The second kappa shape index (κ2) is 8.02. The highest BCUT2D eigenvalue weighted by Gasteiger charge is 2.38. The average Bonchev–Trinajstić information content (AvgIpc) is 2.88. The van der Waals surface area contributed by atoms with Crippen LogP contribution in [0.5, 0.6) is 0 Å². The van der Waals surface area contributed by atoms with Gasteiger partial charge in [0.05, 0.1) is 12.2 Å². The van der Waals surface area contributed by atoms with E-state index in [2.05, 4.69) is 0 Å². The van der Waals surface area contributed by atoms with Gasteiger partial charge in [-0.25, -0.2) is 13.2 Å². The normalized spacial score (nSPS) is 11.7. The Bertz CT molecular complexity index is 889. The van der Waals surface area contributed by atoms with Crippen molar-refractivity contribution in [2.75, 3.05) is 5.75 Å². The van der Waals surface area contributed by atoms with Gasteiger partial charge in [0.1, 0.15) is 4.21 Å². The van der Waals surface area contributed by atoms with Crippen LogP contribution in [0.4, 0.5) is 13.2 Å². The van der Waals surface area contributed by atoms with Gasteiger partial charge in [-0.2, -0.15) is 13.2 Å². The molecule has 0 radical (unpaired) electrons. The first-order valence-electron chi connectivity index (χ1n) is 6.26. The predicted molar refractivity (Wildman–Crippen MR) is 84.8 cm³/mol. The molecule has 12 heteroatoms. The summed E-state index contributed by atoms with van der Waals surface area (Å²) in [7, 11) is -3.56. The number of hydrogen-bond donors (Lipinski definition) is 2. The van der Waals surface area contributed by atoms with E-state index < -0.39 is 34.4 Å². The second-order valence-electron chi connectivity index (χ2n) is 4.52. The summed E-state index contributed by atoms with van der Waals surface area (Å²) in [5.74, 6) is -4.27. The molecule has 0 unspecified atom stereocenters. The van der Waals surface area contributed by atoms with Crippen LogP contribution in [0.15, 0.2) is 27.8 Å². The summed E-state index contributed by atoms with van der Waals surface area (Å²) < 4.78 is 56.0. The SMILES string of the molecule is O=C(O)C(F)(F)F.O=C(O)CCS(=O)(=O)c1scc2cc(Cl)ccc12. The maximum absolute atomic E-state index is 12.0. The molecule has 0 bridgehead atoms. The van der Waals surface area contributed by atoms with Crippen molar-refractivity contribution in [3.8, 4) is 0 Å². The molecule has 0 fully saturated rings. The van der Waals surface area contributed by atoms with E-state index in [1.807, 2.05) is 0 Å². The standard InChI is InChI=1S/C11H9ClO4S2.C2HF3O2/c12-8-1-2-9-7(5-8)6-17-11(9)18(15,16)4-3-10(13)14;3-2(4,5)1(6)7/h1-2,5-6H,3-4H2,(H,13,14);(H,6,7). The molecule has 138 valence electrons. The summed E-state index contributed by atoms with van der Waals surface area (Å²) in [4.78, 5) is 19.3. The summed E-state index contributed by atoms with van der Waals surface area (Å²) in [5.41, 5.74) is 0. The maximum Gasteiger partial charge on any atom is 0.490 e. The van der Waals surface area contributed by atoms with E-state index in [4.69, 9.17) is 26.6 Å². The van der Waals surface area contributed by atoms with Crippen molar-refractivity contribution in [3.05, 3.63) is 28.6 Å². The quantitative estimate of drug-likeness (QED) is 0.787. The number of aliphatic carboxylic acids is 2. The fourth-order valence-electron chi connectivity index (χ4n) is 1.55. The van der Waals surface area contributed by atoms with E-state index in [1.165, 1.54) is 0 Å². The largest absolute Gasteiger partial charge is 0.490 e. The van der Waals surface area contributed by atoms with Crippen LogP contribution in [-0.2, 0) is 19.4 Å². The van der Waals surface area contributed by atoms with Gasteiger partial charge in [0.2, 0.25) is 0 Å². The molecule has 1 heterocycles. The molecule has 6 nitrogen and oxygen atoms in total. The molecule has 1 aromatic carbocycles. The number of sulfone groups is 1. The molecule has 0 aliphatic rings. The molecule has 2 rings (SSSR count). The van der Waals surface area contributed by atoms with E-state index in [9.17, 15) is 26.4 Å². The zero-order valence-corrected chi connectivity index (χ0v) is 14.5. The highest BCUT2D eigenvalue weighted by atomic mass is 35.5. The maximum atomic E-state index is 12.0. The first kappa shape index (κ1) is 21.2. The van der Waals surface area contributed by atoms with Crippen molar-refractivity contribution in [2.45, 2.75) is 16.8 Å². The van der Waals surface area contributed by atoms with Crippen LogP contribution < -0.4 is 0 Å². The third kappa shape index (κ3) is 6.18. The van der Waals surface area contributed by atoms with Crippen molar-refractivity contribution >= 4 is 55.5 Å². The molecule has 2 N–H and O–H groups in total. The number of benzene rings is 1. The van der Waals surface area contributed by atoms with Crippen molar-refractivity contribution in [3.63, 3.8) is 0 Å². The lowest BCUT2D eigenvalue weighted by Gasteiger charge is -2.00. The van der Waals surface area contributed by atoms with Crippen LogP contribution in [0.25, 0.3) is 10.8 Å². The Morgan fingerprint density at radius 3 is 2.24 bits per heavy atom. The summed E-state index contributed by atoms with van der Waals surface area (Å²) in [6.07, 6.45) is -5.48. The molecule has 0 saturated heterocycles. The van der Waals surface area contributed by atoms with Crippen LogP contribution in [0.1, 0.15) is 6.42 Å². The lowest BCUT2D eigenvalue weighted by atomic mass is 10.2. The molecular formula is C13H10ClF3O6S2. The Labute approximate surface area is 148 Å². The van der Waals surface area contributed by atoms with Crippen LogP contribution in [-0.4, -0.2) is 42.5 Å². The van der Waals surface area contributed by atoms with Gasteiger partial charge in [-0.05, 0) is 22.9 Å². The second-order valence-corrected chi connectivity index (χ2v) is 8.14. The lowest BCUT2D eigenvalue weighted by Crippen LogP contribution is -2.21. The highest BCUT2D eigenvalue weighted by Crippen LogP contribution is 2.32. The number of carboxylic acids is 2. The van der Waals surface area contributed by atoms with Gasteiger partial charge in [-0.15, -0.1) is 11.3 Å². The third-order valence-corrected chi connectivity index (χ3v) is 6.25. The zero-order chi connectivity index (χ0) is 19.4. The van der Waals surface area contributed by atoms with Gasteiger partial charge >= 0.3 is 18.1 Å². The van der Waals surface area contributed by atoms with Crippen LogP contribution in [0.3, 0.4) is 0 Å². The van der Waals surface area contributed by atoms with E-state index in [0.717, 1.165) is 16.7 Å². The molecule has 25 heavy (non-hydrogen) atoms. The topological polar surface area (TPSA) is 109 Å².